The van der Waals surface area contributed by atoms with Crippen LogP contribution >= 0.6 is 11.8 Å². The standard InChI is InChI=1S/C17H27N3S/c1-18-17(19-10-6-7-11-21-2)20-13-15-12-16(15)14-8-4-3-5-9-14/h3-5,8-9,15-16H,6-7,10-13H2,1-2H3,(H2,18,19,20). The molecule has 0 bridgehead atoms. The van der Waals surface area contributed by atoms with Crippen LogP contribution in [0.15, 0.2) is 35.3 Å². The second kappa shape index (κ2) is 8.98. The molecule has 2 rings (SSSR count). The number of rotatable bonds is 8. The second-order valence-corrected chi connectivity index (χ2v) is 6.58. The molecular formula is C17H27N3S. The highest BCUT2D eigenvalue weighted by molar-refractivity contribution is 7.98. The summed E-state index contributed by atoms with van der Waals surface area (Å²) in [6, 6.07) is 10.8. The quantitative estimate of drug-likeness (QED) is 0.440. The van der Waals surface area contributed by atoms with Gasteiger partial charge < -0.3 is 10.6 Å². The van der Waals surface area contributed by atoms with Crippen LogP contribution in [0.1, 0.15) is 30.7 Å². The van der Waals surface area contributed by atoms with Crippen molar-refractivity contribution in [3.63, 3.8) is 0 Å². The lowest BCUT2D eigenvalue weighted by atomic mass is 10.1. The minimum absolute atomic E-state index is 0.735. The van der Waals surface area contributed by atoms with Gasteiger partial charge >= 0.3 is 0 Å². The normalized spacial score (nSPS) is 21.1. The summed E-state index contributed by atoms with van der Waals surface area (Å²) < 4.78 is 0. The van der Waals surface area contributed by atoms with E-state index in [1.165, 1.54) is 30.6 Å². The van der Waals surface area contributed by atoms with E-state index in [1.54, 1.807) is 0 Å². The number of aliphatic imine (C=N–C) groups is 1. The number of hydrogen-bond acceptors (Lipinski definition) is 2. The van der Waals surface area contributed by atoms with Crippen molar-refractivity contribution in [3.05, 3.63) is 35.9 Å². The Hall–Kier alpha value is -1.16. The molecule has 0 amide bonds. The Labute approximate surface area is 133 Å². The van der Waals surface area contributed by atoms with E-state index < -0.39 is 0 Å². The lowest BCUT2D eigenvalue weighted by molar-refractivity contribution is 0.699. The van der Waals surface area contributed by atoms with Gasteiger partial charge in [0, 0.05) is 20.1 Å². The molecule has 0 spiro atoms. The Balaban J connectivity index is 1.61. The molecule has 2 N–H and O–H groups in total. The predicted molar refractivity (Wildman–Crippen MR) is 94.3 cm³/mol. The maximum absolute atomic E-state index is 4.29. The maximum Gasteiger partial charge on any atom is 0.190 e. The highest BCUT2D eigenvalue weighted by atomic mass is 32.2. The van der Waals surface area contributed by atoms with Crippen molar-refractivity contribution >= 4 is 17.7 Å². The summed E-state index contributed by atoms with van der Waals surface area (Å²) in [6.45, 7) is 2.02. The van der Waals surface area contributed by atoms with Crippen LogP contribution in [-0.4, -0.2) is 38.1 Å². The van der Waals surface area contributed by atoms with E-state index >= 15 is 0 Å². The SMILES string of the molecule is CN=C(NCCCCSC)NCC1CC1c1ccccc1. The second-order valence-electron chi connectivity index (χ2n) is 5.59. The first-order chi connectivity index (χ1) is 10.3. The number of thioether (sulfide) groups is 1. The maximum atomic E-state index is 4.29. The molecule has 0 aromatic heterocycles. The summed E-state index contributed by atoms with van der Waals surface area (Å²) in [5.41, 5.74) is 1.48. The number of nitrogens with zero attached hydrogens (tertiary/aromatic N) is 1. The van der Waals surface area contributed by atoms with E-state index in [2.05, 4.69) is 52.2 Å². The van der Waals surface area contributed by atoms with Crippen LogP contribution in [0.5, 0.6) is 0 Å². The van der Waals surface area contributed by atoms with Crippen LogP contribution < -0.4 is 10.6 Å². The lowest BCUT2D eigenvalue weighted by Crippen LogP contribution is -2.38. The van der Waals surface area contributed by atoms with Crippen molar-refractivity contribution in [1.29, 1.82) is 0 Å². The molecule has 1 saturated carbocycles. The van der Waals surface area contributed by atoms with Gasteiger partial charge in [0.25, 0.3) is 0 Å². The third-order valence-corrected chi connectivity index (χ3v) is 4.67. The lowest BCUT2D eigenvalue weighted by Gasteiger charge is -2.11. The van der Waals surface area contributed by atoms with Crippen molar-refractivity contribution in [1.82, 2.24) is 10.6 Å². The molecule has 4 heteroatoms. The first-order valence-electron chi connectivity index (χ1n) is 7.83. The molecule has 0 radical (unpaired) electrons. The van der Waals surface area contributed by atoms with Gasteiger partial charge in [0.2, 0.25) is 0 Å². The van der Waals surface area contributed by atoms with Gasteiger partial charge in [-0.3, -0.25) is 4.99 Å². The Kier molecular flexibility index (Phi) is 6.93. The van der Waals surface area contributed by atoms with Crippen molar-refractivity contribution in [2.45, 2.75) is 25.2 Å². The molecule has 0 saturated heterocycles. The molecule has 3 nitrogen and oxygen atoms in total. The summed E-state index contributed by atoms with van der Waals surface area (Å²) in [5, 5.41) is 6.85. The summed E-state index contributed by atoms with van der Waals surface area (Å²) in [6.07, 6.45) is 5.93. The van der Waals surface area contributed by atoms with Gasteiger partial charge in [0.1, 0.15) is 0 Å². The third kappa shape index (κ3) is 5.62. The zero-order valence-corrected chi connectivity index (χ0v) is 14.0. The molecule has 0 aliphatic heterocycles. The van der Waals surface area contributed by atoms with Crippen molar-refractivity contribution in [3.8, 4) is 0 Å². The van der Waals surface area contributed by atoms with Gasteiger partial charge in [0.05, 0.1) is 0 Å². The Morgan fingerprint density at radius 2 is 2.05 bits per heavy atom. The molecule has 1 aromatic rings. The third-order valence-electron chi connectivity index (χ3n) is 3.97. The molecule has 1 fully saturated rings. The average molecular weight is 305 g/mol. The van der Waals surface area contributed by atoms with Gasteiger partial charge in [0.15, 0.2) is 5.96 Å². The zero-order valence-electron chi connectivity index (χ0n) is 13.1. The topological polar surface area (TPSA) is 36.4 Å². The molecule has 0 heterocycles. The highest BCUT2D eigenvalue weighted by Crippen LogP contribution is 2.46. The smallest absolute Gasteiger partial charge is 0.190 e. The molecule has 1 aliphatic rings. The fourth-order valence-corrected chi connectivity index (χ4v) is 3.10. The minimum atomic E-state index is 0.735. The molecule has 21 heavy (non-hydrogen) atoms. The largest absolute Gasteiger partial charge is 0.356 e. The first-order valence-corrected chi connectivity index (χ1v) is 9.23. The van der Waals surface area contributed by atoms with E-state index in [0.717, 1.165) is 30.9 Å². The Morgan fingerprint density at radius 1 is 1.24 bits per heavy atom. The van der Waals surface area contributed by atoms with E-state index in [1.807, 2.05) is 18.8 Å². The number of nitrogens with one attached hydrogen (secondary N) is 2. The summed E-state index contributed by atoms with van der Waals surface area (Å²) in [4.78, 5) is 4.29. The molecule has 1 aromatic carbocycles. The van der Waals surface area contributed by atoms with Crippen LogP contribution in [0.4, 0.5) is 0 Å². The molecule has 116 valence electrons. The van der Waals surface area contributed by atoms with Crippen LogP contribution in [0.3, 0.4) is 0 Å². The van der Waals surface area contributed by atoms with Crippen LogP contribution in [0.2, 0.25) is 0 Å². The van der Waals surface area contributed by atoms with Crippen molar-refractivity contribution in [2.24, 2.45) is 10.9 Å². The summed E-state index contributed by atoms with van der Waals surface area (Å²) >= 11 is 1.91. The van der Waals surface area contributed by atoms with E-state index in [9.17, 15) is 0 Å². The number of benzene rings is 1. The highest BCUT2D eigenvalue weighted by Gasteiger charge is 2.37. The average Bonchev–Trinajstić information content (AvgIpc) is 3.30. The van der Waals surface area contributed by atoms with Crippen LogP contribution in [-0.2, 0) is 0 Å². The zero-order chi connectivity index (χ0) is 14.9. The van der Waals surface area contributed by atoms with Gasteiger partial charge in [-0.25, -0.2) is 0 Å². The monoisotopic (exact) mass is 305 g/mol. The molecule has 2 unspecified atom stereocenters. The fraction of sp³-hybridized carbons (Fsp3) is 0.588. The summed E-state index contributed by atoms with van der Waals surface area (Å²) in [7, 11) is 1.85. The van der Waals surface area contributed by atoms with E-state index in [4.69, 9.17) is 0 Å². The van der Waals surface area contributed by atoms with Crippen LogP contribution in [0.25, 0.3) is 0 Å². The van der Waals surface area contributed by atoms with Crippen molar-refractivity contribution < 1.29 is 0 Å². The molecule has 2 atom stereocenters. The predicted octanol–water partition coefficient (Wildman–Crippen LogP) is 3.10. The van der Waals surface area contributed by atoms with Gasteiger partial charge in [-0.2, -0.15) is 11.8 Å². The summed E-state index contributed by atoms with van der Waals surface area (Å²) in [5.74, 6) is 3.67. The van der Waals surface area contributed by atoms with Gasteiger partial charge in [-0.1, -0.05) is 30.3 Å². The Bertz CT molecular complexity index is 433. The van der Waals surface area contributed by atoms with Crippen LogP contribution in [0, 0.1) is 5.92 Å². The number of unbranched alkanes of at least 4 members (excludes halogenated alkanes) is 1. The van der Waals surface area contributed by atoms with E-state index in [-0.39, 0.29) is 0 Å². The van der Waals surface area contributed by atoms with E-state index in [0.29, 0.717) is 0 Å². The number of guanidine groups is 1. The minimum Gasteiger partial charge on any atom is -0.356 e. The van der Waals surface area contributed by atoms with Gasteiger partial charge in [-0.05, 0) is 48.7 Å². The van der Waals surface area contributed by atoms with Crippen molar-refractivity contribution in [2.75, 3.05) is 32.1 Å². The Morgan fingerprint density at radius 3 is 2.76 bits per heavy atom. The van der Waals surface area contributed by atoms with Gasteiger partial charge in [-0.15, -0.1) is 0 Å². The fourth-order valence-electron chi connectivity index (χ4n) is 2.61. The molecular weight excluding hydrogens is 278 g/mol. The number of hydrogen-bond donors (Lipinski definition) is 2. The first kappa shape index (κ1) is 16.2. The molecule has 1 aliphatic carbocycles.